The molecule has 154 valence electrons. The maximum Gasteiger partial charge on any atom is 0.191 e. The third kappa shape index (κ3) is 6.81. The Morgan fingerprint density at radius 3 is 2.61 bits per heavy atom. The van der Waals surface area contributed by atoms with Gasteiger partial charge in [-0.1, -0.05) is 30.3 Å². The number of nitrogens with zero attached hydrogens (tertiary/aromatic N) is 3. The fourth-order valence-electron chi connectivity index (χ4n) is 3.74. The Labute approximate surface area is 186 Å². The minimum Gasteiger partial charge on any atom is -0.357 e. The maximum atomic E-state index is 4.77. The van der Waals surface area contributed by atoms with Crippen LogP contribution >= 0.6 is 24.0 Å². The van der Waals surface area contributed by atoms with Gasteiger partial charge in [0.15, 0.2) is 5.96 Å². The topological polar surface area (TPSA) is 44.6 Å². The highest BCUT2D eigenvalue weighted by Gasteiger charge is 2.25. The van der Waals surface area contributed by atoms with Gasteiger partial charge in [0.2, 0.25) is 0 Å². The number of hydrogen-bond donors (Lipinski definition) is 2. The van der Waals surface area contributed by atoms with Crippen LogP contribution in [-0.4, -0.2) is 40.6 Å². The molecule has 0 radical (unpaired) electrons. The van der Waals surface area contributed by atoms with Gasteiger partial charge in [-0.25, -0.2) is 4.99 Å². The van der Waals surface area contributed by atoms with E-state index in [0.717, 1.165) is 38.4 Å². The molecule has 1 aromatic carbocycles. The molecule has 28 heavy (non-hydrogen) atoms. The lowest BCUT2D eigenvalue weighted by Crippen LogP contribution is -2.51. The number of benzene rings is 1. The zero-order valence-corrected chi connectivity index (χ0v) is 19.6. The number of aryl methyl sites for hydroxylation is 1. The van der Waals surface area contributed by atoms with E-state index in [1.165, 1.54) is 11.1 Å². The molecular formula is C22H34IN5. The number of halogens is 1. The van der Waals surface area contributed by atoms with E-state index < -0.39 is 0 Å². The predicted molar refractivity (Wildman–Crippen MR) is 128 cm³/mol. The molecular weight excluding hydrogens is 461 g/mol. The van der Waals surface area contributed by atoms with Crippen molar-refractivity contribution in [3.05, 3.63) is 59.9 Å². The number of guanidine groups is 1. The summed E-state index contributed by atoms with van der Waals surface area (Å²) in [5, 5.41) is 7.05. The quantitative estimate of drug-likeness (QED) is 0.365. The largest absolute Gasteiger partial charge is 0.357 e. The van der Waals surface area contributed by atoms with E-state index in [9.17, 15) is 0 Å². The van der Waals surface area contributed by atoms with Crippen LogP contribution in [0.5, 0.6) is 0 Å². The number of aromatic nitrogens is 1. The highest BCUT2D eigenvalue weighted by Crippen LogP contribution is 2.20. The Morgan fingerprint density at radius 2 is 1.96 bits per heavy atom. The third-order valence-electron chi connectivity index (χ3n) is 5.24. The molecule has 2 unspecified atom stereocenters. The molecule has 0 bridgehead atoms. The molecule has 2 N–H and O–H groups in total. The molecule has 5 nitrogen and oxygen atoms in total. The number of aliphatic imine (C=N–C) groups is 1. The first-order valence-corrected chi connectivity index (χ1v) is 10.1. The van der Waals surface area contributed by atoms with Gasteiger partial charge in [-0.2, -0.15) is 0 Å². The van der Waals surface area contributed by atoms with Crippen molar-refractivity contribution in [2.24, 2.45) is 12.0 Å². The van der Waals surface area contributed by atoms with Gasteiger partial charge in [-0.05, 0) is 43.9 Å². The summed E-state index contributed by atoms with van der Waals surface area (Å²) in [7, 11) is 2.04. The Bertz CT molecular complexity index is 728. The van der Waals surface area contributed by atoms with Gasteiger partial charge in [0.1, 0.15) is 0 Å². The Hall–Kier alpha value is -1.54. The van der Waals surface area contributed by atoms with Crippen molar-refractivity contribution in [1.29, 1.82) is 0 Å². The van der Waals surface area contributed by atoms with Crippen molar-refractivity contribution in [3.8, 4) is 0 Å². The van der Waals surface area contributed by atoms with Gasteiger partial charge in [-0.3, -0.25) is 4.90 Å². The summed E-state index contributed by atoms with van der Waals surface area (Å²) in [6, 6.07) is 13.9. The van der Waals surface area contributed by atoms with Gasteiger partial charge >= 0.3 is 0 Å². The molecule has 0 aliphatic carbocycles. The summed E-state index contributed by atoms with van der Waals surface area (Å²) in [4.78, 5) is 7.36. The van der Waals surface area contributed by atoms with Gasteiger partial charge in [0.05, 0.1) is 6.54 Å². The standard InChI is InChI=1S/C22H33N5.HI/c1-4-23-22(24-15-20-10-12-26(3)16-20)25-21-11-13-27(18(2)14-21)17-19-8-6-5-7-9-19;/h5-10,12,16,18,21H,4,11,13-15,17H2,1-3H3,(H2,23,24,25);1H. The summed E-state index contributed by atoms with van der Waals surface area (Å²) in [6.07, 6.45) is 6.47. The van der Waals surface area contributed by atoms with Crippen LogP contribution in [0, 0.1) is 0 Å². The first-order valence-electron chi connectivity index (χ1n) is 10.1. The van der Waals surface area contributed by atoms with Crippen LogP contribution < -0.4 is 10.6 Å². The zero-order chi connectivity index (χ0) is 19.1. The lowest BCUT2D eigenvalue weighted by molar-refractivity contribution is 0.134. The van der Waals surface area contributed by atoms with E-state index in [4.69, 9.17) is 4.99 Å². The number of piperidine rings is 1. The minimum absolute atomic E-state index is 0. The first-order chi connectivity index (χ1) is 13.1. The molecule has 0 spiro atoms. The zero-order valence-electron chi connectivity index (χ0n) is 17.3. The van der Waals surface area contributed by atoms with Crippen molar-refractivity contribution < 1.29 is 0 Å². The van der Waals surface area contributed by atoms with Crippen LogP contribution in [0.25, 0.3) is 0 Å². The molecule has 1 saturated heterocycles. The highest BCUT2D eigenvalue weighted by atomic mass is 127. The maximum absolute atomic E-state index is 4.77. The Morgan fingerprint density at radius 1 is 1.18 bits per heavy atom. The summed E-state index contributed by atoms with van der Waals surface area (Å²) >= 11 is 0. The monoisotopic (exact) mass is 495 g/mol. The van der Waals surface area contributed by atoms with Crippen LogP contribution in [-0.2, 0) is 20.1 Å². The number of likely N-dealkylation sites (tertiary alicyclic amines) is 1. The fraction of sp³-hybridized carbons (Fsp3) is 0.500. The van der Waals surface area contributed by atoms with Gasteiger partial charge in [0.25, 0.3) is 0 Å². The van der Waals surface area contributed by atoms with Crippen LogP contribution in [0.4, 0.5) is 0 Å². The normalized spacial score (nSPS) is 20.5. The predicted octanol–water partition coefficient (Wildman–Crippen LogP) is 3.75. The van der Waals surface area contributed by atoms with E-state index >= 15 is 0 Å². The summed E-state index contributed by atoms with van der Waals surface area (Å²) in [5.41, 5.74) is 2.63. The van der Waals surface area contributed by atoms with Crippen molar-refractivity contribution in [3.63, 3.8) is 0 Å². The van der Waals surface area contributed by atoms with Gasteiger partial charge < -0.3 is 15.2 Å². The number of rotatable bonds is 6. The smallest absolute Gasteiger partial charge is 0.191 e. The minimum atomic E-state index is 0. The molecule has 1 aromatic heterocycles. The molecule has 6 heteroatoms. The fourth-order valence-corrected chi connectivity index (χ4v) is 3.74. The molecule has 1 aliphatic rings. The second kappa shape index (κ2) is 11.5. The Kier molecular flexibility index (Phi) is 9.31. The van der Waals surface area contributed by atoms with Crippen molar-refractivity contribution in [1.82, 2.24) is 20.1 Å². The number of hydrogen-bond acceptors (Lipinski definition) is 2. The van der Waals surface area contributed by atoms with E-state index in [-0.39, 0.29) is 24.0 Å². The Balaban J connectivity index is 0.00000280. The van der Waals surface area contributed by atoms with Crippen LogP contribution in [0.2, 0.25) is 0 Å². The molecule has 2 heterocycles. The summed E-state index contributed by atoms with van der Waals surface area (Å²) in [5.74, 6) is 0.926. The summed E-state index contributed by atoms with van der Waals surface area (Å²) < 4.78 is 2.06. The van der Waals surface area contributed by atoms with E-state index in [2.05, 4.69) is 82.7 Å². The lowest BCUT2D eigenvalue weighted by Gasteiger charge is -2.38. The average molecular weight is 495 g/mol. The van der Waals surface area contributed by atoms with E-state index in [0.29, 0.717) is 18.6 Å². The van der Waals surface area contributed by atoms with Crippen LogP contribution in [0.3, 0.4) is 0 Å². The SMILES string of the molecule is CCNC(=NCc1ccn(C)c1)NC1CCN(Cc2ccccc2)C(C)C1.I. The lowest BCUT2D eigenvalue weighted by atomic mass is 9.97. The molecule has 2 aromatic rings. The molecule has 1 aliphatic heterocycles. The number of nitrogens with one attached hydrogen (secondary N) is 2. The van der Waals surface area contributed by atoms with Crippen LogP contribution in [0.1, 0.15) is 37.8 Å². The first kappa shape index (κ1) is 22.7. The van der Waals surface area contributed by atoms with Gasteiger partial charge in [-0.15, -0.1) is 24.0 Å². The molecule has 0 saturated carbocycles. The van der Waals surface area contributed by atoms with E-state index in [1.54, 1.807) is 0 Å². The molecule has 0 amide bonds. The van der Waals surface area contributed by atoms with Crippen molar-refractivity contribution in [2.45, 2.75) is 51.9 Å². The third-order valence-corrected chi connectivity index (χ3v) is 5.24. The van der Waals surface area contributed by atoms with Crippen molar-refractivity contribution in [2.75, 3.05) is 13.1 Å². The molecule has 1 fully saturated rings. The average Bonchev–Trinajstić information content (AvgIpc) is 3.08. The second-order valence-corrected chi connectivity index (χ2v) is 7.55. The van der Waals surface area contributed by atoms with E-state index in [1.807, 2.05) is 7.05 Å². The highest BCUT2D eigenvalue weighted by molar-refractivity contribution is 14.0. The molecule has 3 rings (SSSR count). The molecule has 2 atom stereocenters. The summed E-state index contributed by atoms with van der Waals surface area (Å²) in [6.45, 7) is 8.19. The van der Waals surface area contributed by atoms with Crippen LogP contribution in [0.15, 0.2) is 53.8 Å². The van der Waals surface area contributed by atoms with Gasteiger partial charge in [0, 0.05) is 51.2 Å². The second-order valence-electron chi connectivity index (χ2n) is 7.55. The van der Waals surface area contributed by atoms with Crippen molar-refractivity contribution >= 4 is 29.9 Å².